The fraction of sp³-hybridized carbons (Fsp3) is 0.190. The number of hydrogen-bond donors (Lipinski definition) is 0. The number of carbonyl (C=O) groups excluding carboxylic acids is 1. The quantitative estimate of drug-likeness (QED) is 0.551. The number of fused-ring (bicyclic) bond motifs is 1. The minimum absolute atomic E-state index is 0.0197. The van der Waals surface area contributed by atoms with Gasteiger partial charge in [-0.15, -0.1) is 0 Å². The number of aliphatic imine (C=N–C) groups is 1. The summed E-state index contributed by atoms with van der Waals surface area (Å²) in [7, 11) is 3.88. The molecular formula is C21H20ClN4OS+. The van der Waals surface area contributed by atoms with Gasteiger partial charge in [-0.3, -0.25) is 9.69 Å². The van der Waals surface area contributed by atoms with Gasteiger partial charge in [-0.25, -0.2) is 4.57 Å². The third kappa shape index (κ3) is 3.23. The molecule has 0 unspecified atom stereocenters. The SMILES string of the molecule is CCN1C(=O)C(=C2C=Cc3ccccc3N2C)SC1=Nc1ccc(Cl)c[n+]1C. The molecule has 1 saturated heterocycles. The van der Waals surface area contributed by atoms with Crippen molar-refractivity contribution in [2.75, 3.05) is 18.5 Å². The van der Waals surface area contributed by atoms with Crippen LogP contribution in [0.2, 0.25) is 5.02 Å². The minimum atomic E-state index is -0.0197. The zero-order valence-electron chi connectivity index (χ0n) is 15.9. The van der Waals surface area contributed by atoms with Gasteiger partial charge in [0.05, 0.1) is 17.8 Å². The molecule has 1 aromatic carbocycles. The number of aryl methyl sites for hydroxylation is 1. The first kappa shape index (κ1) is 18.8. The molecule has 2 aliphatic heterocycles. The summed E-state index contributed by atoms with van der Waals surface area (Å²) < 4.78 is 1.85. The van der Waals surface area contributed by atoms with Gasteiger partial charge in [-0.05, 0) is 47.5 Å². The molecule has 0 aliphatic carbocycles. The zero-order valence-corrected chi connectivity index (χ0v) is 17.5. The summed E-state index contributed by atoms with van der Waals surface area (Å²) >= 11 is 7.45. The first-order valence-electron chi connectivity index (χ1n) is 8.98. The maximum absolute atomic E-state index is 13.1. The number of rotatable bonds is 2. The maximum Gasteiger partial charge on any atom is 0.326 e. The Bertz CT molecular complexity index is 1060. The standard InChI is InChI=1S/C21H20ClN4OS/c1-4-26-20(27)19(17-11-9-14-7-5-6-8-16(14)25(17)3)28-21(26)23-18-12-10-15(22)13-24(18)2/h5-13H,4H2,1-3H3/q+1. The molecule has 5 nitrogen and oxygen atoms in total. The van der Waals surface area contributed by atoms with Crippen molar-refractivity contribution in [2.24, 2.45) is 12.0 Å². The Kier molecular flexibility index (Phi) is 5.00. The normalized spacial score (nSPS) is 20.3. The second kappa shape index (κ2) is 7.45. The van der Waals surface area contributed by atoms with E-state index in [1.54, 1.807) is 17.2 Å². The van der Waals surface area contributed by atoms with E-state index in [9.17, 15) is 4.79 Å². The van der Waals surface area contributed by atoms with Crippen LogP contribution in [-0.2, 0) is 11.8 Å². The molecule has 1 amide bonds. The lowest BCUT2D eigenvalue weighted by Crippen LogP contribution is -2.31. The first-order valence-corrected chi connectivity index (χ1v) is 10.2. The van der Waals surface area contributed by atoms with Crippen LogP contribution in [0.1, 0.15) is 12.5 Å². The highest BCUT2D eigenvalue weighted by molar-refractivity contribution is 8.18. The van der Waals surface area contributed by atoms with Gasteiger partial charge in [0.15, 0.2) is 0 Å². The summed E-state index contributed by atoms with van der Waals surface area (Å²) in [6.07, 6.45) is 5.85. The predicted molar refractivity (Wildman–Crippen MR) is 116 cm³/mol. The van der Waals surface area contributed by atoms with Crippen LogP contribution >= 0.6 is 23.4 Å². The van der Waals surface area contributed by atoms with Crippen molar-refractivity contribution in [3.8, 4) is 0 Å². The topological polar surface area (TPSA) is 39.8 Å². The number of thioether (sulfide) groups is 1. The second-order valence-electron chi connectivity index (χ2n) is 6.53. The third-order valence-corrected chi connectivity index (χ3v) is 6.08. The molecule has 1 fully saturated rings. The van der Waals surface area contributed by atoms with Gasteiger partial charge in [-0.2, -0.15) is 0 Å². The number of anilines is 1. The van der Waals surface area contributed by atoms with Crippen molar-refractivity contribution in [2.45, 2.75) is 6.92 Å². The highest BCUT2D eigenvalue weighted by atomic mass is 35.5. The molecule has 2 aromatic rings. The molecule has 4 rings (SSSR count). The summed E-state index contributed by atoms with van der Waals surface area (Å²) in [4.78, 5) is 22.3. The lowest BCUT2D eigenvalue weighted by atomic mass is 10.1. The van der Waals surface area contributed by atoms with E-state index in [4.69, 9.17) is 16.6 Å². The first-order chi connectivity index (χ1) is 13.5. The molecule has 0 bridgehead atoms. The van der Waals surface area contributed by atoms with Crippen molar-refractivity contribution in [1.82, 2.24) is 4.90 Å². The van der Waals surface area contributed by atoms with E-state index < -0.39 is 0 Å². The Morgan fingerprint density at radius 3 is 2.71 bits per heavy atom. The monoisotopic (exact) mass is 411 g/mol. The highest BCUT2D eigenvalue weighted by Crippen LogP contribution is 2.39. The molecule has 1 aromatic heterocycles. The van der Waals surface area contributed by atoms with Gasteiger partial charge in [0, 0.05) is 25.3 Å². The number of para-hydroxylation sites is 1. The van der Waals surface area contributed by atoms with E-state index >= 15 is 0 Å². The summed E-state index contributed by atoms with van der Waals surface area (Å²) in [6.45, 7) is 2.52. The number of pyridine rings is 1. The molecular weight excluding hydrogens is 392 g/mol. The van der Waals surface area contributed by atoms with E-state index in [0.29, 0.717) is 21.6 Å². The van der Waals surface area contributed by atoms with Gasteiger partial charge in [0.1, 0.15) is 11.1 Å². The minimum Gasteiger partial charge on any atom is -0.343 e. The Balaban J connectivity index is 1.76. The lowest BCUT2D eigenvalue weighted by molar-refractivity contribution is -0.658. The Hall–Kier alpha value is -2.57. The number of carbonyl (C=O) groups is 1. The van der Waals surface area contributed by atoms with Gasteiger partial charge in [0.2, 0.25) is 0 Å². The summed E-state index contributed by atoms with van der Waals surface area (Å²) in [5, 5.41) is 1.32. The van der Waals surface area contributed by atoms with Gasteiger partial charge >= 0.3 is 5.82 Å². The number of allylic oxidation sites excluding steroid dienone is 1. The fourth-order valence-electron chi connectivity index (χ4n) is 3.28. The number of likely N-dealkylation sites (N-methyl/N-ethyl adjacent to an activating group) is 2. The summed E-state index contributed by atoms with van der Waals surface area (Å²) in [6, 6.07) is 11.8. The number of amidine groups is 1. The van der Waals surface area contributed by atoms with Crippen molar-refractivity contribution < 1.29 is 9.36 Å². The van der Waals surface area contributed by atoms with E-state index in [2.05, 4.69) is 23.1 Å². The van der Waals surface area contributed by atoms with Crippen LogP contribution < -0.4 is 9.47 Å². The molecule has 0 N–H and O–H groups in total. The van der Waals surface area contributed by atoms with E-state index in [1.165, 1.54) is 11.8 Å². The highest BCUT2D eigenvalue weighted by Gasteiger charge is 2.39. The van der Waals surface area contributed by atoms with Crippen molar-refractivity contribution in [1.29, 1.82) is 0 Å². The van der Waals surface area contributed by atoms with E-state index in [-0.39, 0.29) is 5.91 Å². The van der Waals surface area contributed by atoms with Crippen LogP contribution in [0.4, 0.5) is 11.5 Å². The number of amides is 1. The second-order valence-corrected chi connectivity index (χ2v) is 7.94. The molecule has 142 valence electrons. The number of benzene rings is 1. The predicted octanol–water partition coefficient (Wildman–Crippen LogP) is 4.12. The smallest absolute Gasteiger partial charge is 0.326 e. The van der Waals surface area contributed by atoms with Gasteiger partial charge < -0.3 is 4.90 Å². The van der Waals surface area contributed by atoms with Crippen LogP contribution in [0.15, 0.2) is 64.3 Å². The van der Waals surface area contributed by atoms with Crippen LogP contribution in [0.25, 0.3) is 6.08 Å². The summed E-state index contributed by atoms with van der Waals surface area (Å²) in [5.74, 6) is 0.719. The molecule has 7 heteroatoms. The fourth-order valence-corrected chi connectivity index (χ4v) is 4.64. The maximum atomic E-state index is 13.1. The third-order valence-electron chi connectivity index (χ3n) is 4.77. The number of nitrogens with zero attached hydrogens (tertiary/aromatic N) is 4. The van der Waals surface area contributed by atoms with Gasteiger partial charge in [-0.1, -0.05) is 35.9 Å². The van der Waals surface area contributed by atoms with Crippen molar-refractivity contribution in [3.05, 3.63) is 69.9 Å². The Labute approximate surface area is 173 Å². The largest absolute Gasteiger partial charge is 0.343 e. The van der Waals surface area contributed by atoms with Gasteiger partial charge in [0.25, 0.3) is 11.1 Å². The number of aromatic nitrogens is 1. The molecule has 2 aliphatic rings. The lowest BCUT2D eigenvalue weighted by Gasteiger charge is -2.27. The van der Waals surface area contributed by atoms with E-state index in [0.717, 1.165) is 22.8 Å². The Morgan fingerprint density at radius 1 is 1.18 bits per heavy atom. The molecule has 0 radical (unpaired) electrons. The molecule has 0 saturated carbocycles. The molecule has 28 heavy (non-hydrogen) atoms. The summed E-state index contributed by atoms with van der Waals surface area (Å²) in [5.41, 5.74) is 3.11. The number of halogens is 1. The Morgan fingerprint density at radius 2 is 1.96 bits per heavy atom. The molecule has 0 atom stereocenters. The van der Waals surface area contributed by atoms with Crippen LogP contribution in [-0.4, -0.2) is 29.6 Å². The van der Waals surface area contributed by atoms with E-state index in [1.807, 2.05) is 49.9 Å². The average Bonchev–Trinajstić information content (AvgIpc) is 2.99. The van der Waals surface area contributed by atoms with Crippen LogP contribution in [0.3, 0.4) is 0 Å². The van der Waals surface area contributed by atoms with Crippen molar-refractivity contribution in [3.63, 3.8) is 0 Å². The molecule has 0 spiro atoms. The molecule has 3 heterocycles. The van der Waals surface area contributed by atoms with Crippen LogP contribution in [0.5, 0.6) is 0 Å². The number of hydrogen-bond acceptors (Lipinski definition) is 4. The van der Waals surface area contributed by atoms with Crippen molar-refractivity contribution >= 4 is 52.0 Å². The zero-order chi connectivity index (χ0) is 19.8. The average molecular weight is 412 g/mol. The van der Waals surface area contributed by atoms with Crippen LogP contribution in [0, 0.1) is 0 Å².